The number of anilines is 1. The number of aliphatic hydroxyl groups is 1. The third-order valence-electron chi connectivity index (χ3n) is 8.46. The summed E-state index contributed by atoms with van der Waals surface area (Å²) in [6.45, 7) is 8.62. The predicted octanol–water partition coefficient (Wildman–Crippen LogP) is 4.25. The summed E-state index contributed by atoms with van der Waals surface area (Å²) in [6.07, 6.45) is 8.78. The summed E-state index contributed by atoms with van der Waals surface area (Å²) >= 11 is 0. The number of aliphatic hydroxyl groups excluding tert-OH is 1. The number of ether oxygens (including phenoxy) is 1. The van der Waals surface area contributed by atoms with Crippen LogP contribution in [0.1, 0.15) is 86.1 Å². The summed E-state index contributed by atoms with van der Waals surface area (Å²) in [6, 6.07) is 3.38. The zero-order chi connectivity index (χ0) is 28.4. The van der Waals surface area contributed by atoms with Crippen molar-refractivity contribution in [1.82, 2.24) is 9.47 Å². The number of aromatic nitrogens is 1. The van der Waals surface area contributed by atoms with E-state index in [4.69, 9.17) is 15.6 Å². The zero-order valence-electron chi connectivity index (χ0n) is 23.8. The molecule has 1 aromatic heterocycles. The van der Waals surface area contributed by atoms with Gasteiger partial charge in [0.1, 0.15) is 5.82 Å². The lowest BCUT2D eigenvalue weighted by molar-refractivity contribution is 0.0997. The van der Waals surface area contributed by atoms with Crippen LogP contribution in [0, 0.1) is 11.2 Å². The van der Waals surface area contributed by atoms with Gasteiger partial charge in [0.15, 0.2) is 0 Å². The number of nitrogens with one attached hydrogen (secondary N) is 1. The summed E-state index contributed by atoms with van der Waals surface area (Å²) in [7, 11) is -1.13. The summed E-state index contributed by atoms with van der Waals surface area (Å²) in [5.41, 5.74) is 9.24. The topological polar surface area (TPSA) is 110 Å². The lowest BCUT2D eigenvalue weighted by Crippen LogP contribution is -2.30. The van der Waals surface area contributed by atoms with Gasteiger partial charge in [0, 0.05) is 29.6 Å². The van der Waals surface area contributed by atoms with E-state index in [1.807, 2.05) is 10.6 Å². The largest absolute Gasteiger partial charge is 0.395 e. The van der Waals surface area contributed by atoms with Crippen molar-refractivity contribution in [2.45, 2.75) is 89.4 Å². The molecule has 1 amide bonds. The molecule has 1 aromatic carbocycles. The average Bonchev–Trinajstić information content (AvgIpc) is 3.62. The van der Waals surface area contributed by atoms with Crippen molar-refractivity contribution in [2.75, 3.05) is 37.3 Å². The Balaban J connectivity index is 0.000000348. The first-order valence-corrected chi connectivity index (χ1v) is 16.0. The summed E-state index contributed by atoms with van der Waals surface area (Å²) in [4.78, 5) is 15.2. The van der Waals surface area contributed by atoms with E-state index in [9.17, 15) is 9.00 Å². The number of primary amides is 1. The van der Waals surface area contributed by atoms with Crippen LogP contribution in [0.15, 0.2) is 17.0 Å². The van der Waals surface area contributed by atoms with Crippen molar-refractivity contribution in [1.29, 1.82) is 0 Å². The Morgan fingerprint density at radius 3 is 2.55 bits per heavy atom. The number of rotatable bonds is 6. The van der Waals surface area contributed by atoms with Crippen LogP contribution in [0.25, 0.3) is 5.69 Å². The maximum absolute atomic E-state index is 15.3. The number of nitrogens with zero attached hydrogens (tertiary/aromatic N) is 2. The molecule has 0 spiro atoms. The standard InChI is InChI=1S/C24H30FN3O3S.C6H13NO/c1-24(2)10-19-22(32(30)13-24)16-11-31-12-20(16)28(19)15-8-17(25)21(23(26)29)18(9-15)27-14-6-4-3-5-7-14;8-6-5-7-3-1-2-4-7/h8-9,14,27H,3-7,10-13H2,1-2H3,(H2,26,29);8H,1-6H2. The zero-order valence-corrected chi connectivity index (χ0v) is 24.6. The third-order valence-corrected chi connectivity index (χ3v) is 10.4. The minimum absolute atomic E-state index is 0.0999. The second kappa shape index (κ2) is 12.3. The fourth-order valence-electron chi connectivity index (χ4n) is 6.63. The molecule has 1 unspecified atom stereocenters. The van der Waals surface area contributed by atoms with E-state index >= 15 is 4.39 Å². The van der Waals surface area contributed by atoms with Crippen molar-refractivity contribution < 1.29 is 23.2 Å². The highest BCUT2D eigenvalue weighted by molar-refractivity contribution is 7.85. The quantitative estimate of drug-likeness (QED) is 0.476. The first-order valence-electron chi connectivity index (χ1n) is 14.6. The molecule has 3 aliphatic heterocycles. The number of hydrogen-bond donors (Lipinski definition) is 3. The van der Waals surface area contributed by atoms with Crippen molar-refractivity contribution >= 4 is 22.4 Å². The van der Waals surface area contributed by atoms with E-state index in [2.05, 4.69) is 24.1 Å². The minimum Gasteiger partial charge on any atom is -0.395 e. The third kappa shape index (κ3) is 6.15. The predicted molar refractivity (Wildman–Crippen MR) is 155 cm³/mol. The minimum atomic E-state index is -1.13. The van der Waals surface area contributed by atoms with Crippen LogP contribution < -0.4 is 11.1 Å². The molecule has 1 saturated carbocycles. The molecule has 2 fully saturated rings. The monoisotopic (exact) mass is 574 g/mol. The SMILES string of the molecule is CC1(C)Cc2c(c3c(n2-c2cc(F)c(C(N)=O)c(NC4CCCCC4)c2)COC3)S(=O)C1.OCCN1CCCC1. The van der Waals surface area contributed by atoms with E-state index in [0.717, 1.165) is 60.5 Å². The summed E-state index contributed by atoms with van der Waals surface area (Å²) in [5.74, 6) is -0.822. The molecule has 0 radical (unpaired) electrons. The van der Waals surface area contributed by atoms with Gasteiger partial charge in [-0.25, -0.2) is 4.39 Å². The second-order valence-corrected chi connectivity index (χ2v) is 13.7. The molecule has 1 atom stereocenters. The number of halogens is 1. The average molecular weight is 575 g/mol. The van der Waals surface area contributed by atoms with Gasteiger partial charge in [-0.1, -0.05) is 33.1 Å². The number of nitrogens with two attached hydrogens (primary N) is 1. The normalized spacial score (nSPS) is 22.4. The van der Waals surface area contributed by atoms with E-state index in [-0.39, 0.29) is 17.0 Å². The molecule has 4 N–H and O–H groups in total. The van der Waals surface area contributed by atoms with Crippen LogP contribution in [0.3, 0.4) is 0 Å². The summed E-state index contributed by atoms with van der Waals surface area (Å²) < 4.78 is 36.1. The van der Waals surface area contributed by atoms with Gasteiger partial charge in [-0.3, -0.25) is 9.00 Å². The van der Waals surface area contributed by atoms with Crippen LogP contribution >= 0.6 is 0 Å². The van der Waals surface area contributed by atoms with Crippen molar-refractivity contribution in [3.8, 4) is 5.69 Å². The highest BCUT2D eigenvalue weighted by atomic mass is 32.2. The number of carbonyl (C=O) groups is 1. The van der Waals surface area contributed by atoms with Gasteiger partial charge in [0.25, 0.3) is 5.91 Å². The Kier molecular flexibility index (Phi) is 8.99. The van der Waals surface area contributed by atoms with Gasteiger partial charge in [-0.05, 0) is 62.7 Å². The number of carbonyl (C=O) groups excluding carboxylic acids is 1. The molecule has 10 heteroatoms. The van der Waals surface area contributed by atoms with Gasteiger partial charge < -0.3 is 30.4 Å². The highest BCUT2D eigenvalue weighted by Crippen LogP contribution is 2.43. The van der Waals surface area contributed by atoms with E-state index in [1.54, 1.807) is 0 Å². The Morgan fingerprint density at radius 1 is 1.15 bits per heavy atom. The number of hydrogen-bond acceptors (Lipinski definition) is 6. The number of amides is 1. The molecular weight excluding hydrogens is 531 g/mol. The molecule has 1 aliphatic carbocycles. The molecule has 0 bridgehead atoms. The van der Waals surface area contributed by atoms with Crippen LogP contribution in [0.5, 0.6) is 0 Å². The Labute approximate surface area is 238 Å². The highest BCUT2D eigenvalue weighted by Gasteiger charge is 2.39. The molecule has 4 heterocycles. The Bertz CT molecular complexity index is 1270. The van der Waals surface area contributed by atoms with Crippen LogP contribution in [0.4, 0.5) is 10.1 Å². The van der Waals surface area contributed by atoms with Gasteiger partial charge in [-0.2, -0.15) is 0 Å². The lowest BCUT2D eigenvalue weighted by atomic mass is 9.89. The van der Waals surface area contributed by atoms with Gasteiger partial charge in [-0.15, -0.1) is 0 Å². The number of β-amino-alcohol motifs (C(OH)–C–C–N with tert-alkyl or cyclic N) is 1. The number of benzene rings is 1. The molecule has 4 aliphatic rings. The lowest BCUT2D eigenvalue weighted by Gasteiger charge is -2.31. The van der Waals surface area contributed by atoms with Gasteiger partial charge >= 0.3 is 0 Å². The van der Waals surface area contributed by atoms with Gasteiger partial charge in [0.2, 0.25) is 0 Å². The van der Waals surface area contributed by atoms with Crippen molar-refractivity contribution in [3.05, 3.63) is 40.5 Å². The molecule has 8 nitrogen and oxygen atoms in total. The van der Waals surface area contributed by atoms with Crippen LogP contribution in [-0.2, 0) is 35.2 Å². The smallest absolute Gasteiger partial charge is 0.253 e. The fourth-order valence-corrected chi connectivity index (χ4v) is 8.46. The van der Waals surface area contributed by atoms with Crippen molar-refractivity contribution in [3.63, 3.8) is 0 Å². The molecule has 40 heavy (non-hydrogen) atoms. The molecule has 2 aromatic rings. The number of likely N-dealkylation sites (tertiary alicyclic amines) is 1. The summed E-state index contributed by atoms with van der Waals surface area (Å²) in [5, 5.41) is 11.9. The van der Waals surface area contributed by atoms with Crippen LogP contribution in [-0.4, -0.2) is 62.7 Å². The second-order valence-electron chi connectivity index (χ2n) is 12.3. The molecule has 6 rings (SSSR count). The van der Waals surface area contributed by atoms with Gasteiger partial charge in [0.05, 0.1) is 58.1 Å². The van der Waals surface area contributed by atoms with E-state index in [1.165, 1.54) is 38.4 Å². The van der Waals surface area contributed by atoms with Crippen LogP contribution in [0.2, 0.25) is 0 Å². The van der Waals surface area contributed by atoms with E-state index in [0.29, 0.717) is 36.9 Å². The maximum Gasteiger partial charge on any atom is 0.253 e. The maximum atomic E-state index is 15.3. The molecule has 220 valence electrons. The molecule has 1 saturated heterocycles. The number of fused-ring (bicyclic) bond motifs is 3. The van der Waals surface area contributed by atoms with E-state index < -0.39 is 22.5 Å². The fraction of sp³-hybridized carbons (Fsp3) is 0.633. The Hall–Kier alpha value is -2.27. The first-order chi connectivity index (χ1) is 19.2. The van der Waals surface area contributed by atoms with Crippen molar-refractivity contribution in [2.24, 2.45) is 11.1 Å². The molecular formula is C30H43FN4O4S. The Morgan fingerprint density at radius 2 is 1.88 bits per heavy atom. The first kappa shape index (κ1) is 29.2.